The van der Waals surface area contributed by atoms with E-state index in [1.54, 1.807) is 0 Å². The van der Waals surface area contributed by atoms with Crippen molar-refractivity contribution in [2.75, 3.05) is 6.54 Å². The molecule has 2 aromatic rings. The molecular weight excluding hydrogens is 202 g/mol. The fraction of sp³-hybridized carbons (Fsp3) is 0.417. The third-order valence-electron chi connectivity index (χ3n) is 3.64. The second kappa shape index (κ2) is 3.30. The molecule has 3 rings (SSSR count). The topological polar surface area (TPSA) is 63.5 Å². The molecule has 0 saturated heterocycles. The first kappa shape index (κ1) is 9.81. The van der Waals surface area contributed by atoms with Gasteiger partial charge in [0.25, 0.3) is 0 Å². The van der Waals surface area contributed by atoms with Crippen LogP contribution in [-0.4, -0.2) is 27.4 Å². The van der Waals surface area contributed by atoms with Crippen LogP contribution in [0.5, 0.6) is 0 Å². The highest BCUT2D eigenvalue weighted by Gasteiger charge is 2.45. The lowest BCUT2D eigenvalue weighted by molar-refractivity contribution is 0.0228. The van der Waals surface area contributed by atoms with E-state index in [4.69, 9.17) is 5.73 Å². The van der Waals surface area contributed by atoms with Crippen molar-refractivity contribution < 1.29 is 5.11 Å². The summed E-state index contributed by atoms with van der Waals surface area (Å²) in [4.78, 5) is 0. The summed E-state index contributed by atoms with van der Waals surface area (Å²) in [6.07, 6.45) is 5.10. The Balaban J connectivity index is 2.12. The summed E-state index contributed by atoms with van der Waals surface area (Å²) in [5.41, 5.74) is 8.06. The molecule has 0 atom stereocenters. The Bertz CT molecular complexity index is 514. The lowest BCUT2D eigenvalue weighted by Gasteiger charge is -2.44. The first-order valence-electron chi connectivity index (χ1n) is 5.56. The van der Waals surface area contributed by atoms with Gasteiger partial charge in [0, 0.05) is 23.7 Å². The number of hydrogen-bond donors (Lipinski definition) is 2. The van der Waals surface area contributed by atoms with Crippen LogP contribution >= 0.6 is 0 Å². The van der Waals surface area contributed by atoms with E-state index >= 15 is 0 Å². The van der Waals surface area contributed by atoms with Gasteiger partial charge in [-0.2, -0.15) is 5.10 Å². The molecule has 3 N–H and O–H groups in total. The first-order valence-corrected chi connectivity index (χ1v) is 5.56. The van der Waals surface area contributed by atoms with Gasteiger partial charge in [0.2, 0.25) is 0 Å². The third-order valence-corrected chi connectivity index (χ3v) is 3.64. The monoisotopic (exact) mass is 217 g/mol. The number of hydrogen-bond acceptors (Lipinski definition) is 3. The van der Waals surface area contributed by atoms with Crippen molar-refractivity contribution in [3.63, 3.8) is 0 Å². The minimum Gasteiger partial charge on any atom is -0.393 e. The van der Waals surface area contributed by atoms with E-state index in [9.17, 15) is 5.11 Å². The van der Waals surface area contributed by atoms with E-state index in [-0.39, 0.29) is 11.5 Å². The van der Waals surface area contributed by atoms with Crippen LogP contribution in [0.25, 0.3) is 5.52 Å². The summed E-state index contributed by atoms with van der Waals surface area (Å²) < 4.78 is 1.86. The molecule has 84 valence electrons. The van der Waals surface area contributed by atoms with E-state index in [1.165, 1.54) is 5.56 Å². The summed E-state index contributed by atoms with van der Waals surface area (Å²) in [5.74, 6) is 0. The minimum atomic E-state index is -0.206. The van der Waals surface area contributed by atoms with Gasteiger partial charge in [-0.3, -0.25) is 0 Å². The number of aliphatic hydroxyl groups is 1. The molecule has 2 aromatic heterocycles. The Labute approximate surface area is 93.7 Å². The molecule has 4 nitrogen and oxygen atoms in total. The van der Waals surface area contributed by atoms with Crippen molar-refractivity contribution in [3.8, 4) is 0 Å². The average Bonchev–Trinajstić information content (AvgIpc) is 2.68. The summed E-state index contributed by atoms with van der Waals surface area (Å²) >= 11 is 0. The summed E-state index contributed by atoms with van der Waals surface area (Å²) in [5, 5.41) is 13.8. The molecule has 16 heavy (non-hydrogen) atoms. The summed E-state index contributed by atoms with van der Waals surface area (Å²) in [7, 11) is 0. The van der Waals surface area contributed by atoms with Crippen LogP contribution in [0.3, 0.4) is 0 Å². The van der Waals surface area contributed by atoms with E-state index in [0.29, 0.717) is 6.54 Å². The number of nitrogens with two attached hydrogens (primary N) is 1. The molecule has 0 amide bonds. The van der Waals surface area contributed by atoms with Crippen LogP contribution in [0.4, 0.5) is 0 Å². The first-order chi connectivity index (χ1) is 7.75. The maximum absolute atomic E-state index is 9.50. The molecule has 0 aliphatic heterocycles. The molecular formula is C12H15N3O. The Morgan fingerprint density at radius 3 is 3.00 bits per heavy atom. The predicted octanol–water partition coefficient (Wildman–Crippen LogP) is 0.685. The van der Waals surface area contributed by atoms with Crippen molar-refractivity contribution in [2.24, 2.45) is 5.73 Å². The molecule has 0 spiro atoms. The molecule has 2 heterocycles. The second-order valence-electron chi connectivity index (χ2n) is 4.64. The maximum atomic E-state index is 9.50. The molecule has 1 fully saturated rings. The van der Waals surface area contributed by atoms with Gasteiger partial charge in [0.05, 0.1) is 17.8 Å². The van der Waals surface area contributed by atoms with Gasteiger partial charge < -0.3 is 10.8 Å². The Kier molecular flexibility index (Phi) is 2.02. The SMILES string of the molecule is NCC1(c2cnn3ccccc23)CC(O)C1. The predicted molar refractivity (Wildman–Crippen MR) is 61.2 cm³/mol. The number of aliphatic hydroxyl groups excluding tert-OH is 1. The molecule has 1 saturated carbocycles. The van der Waals surface area contributed by atoms with Crippen LogP contribution in [0, 0.1) is 0 Å². The number of nitrogens with zero attached hydrogens (tertiary/aromatic N) is 2. The van der Waals surface area contributed by atoms with Crippen molar-refractivity contribution in [1.29, 1.82) is 0 Å². The van der Waals surface area contributed by atoms with Crippen LogP contribution in [0.15, 0.2) is 30.6 Å². The highest BCUT2D eigenvalue weighted by molar-refractivity contribution is 5.58. The lowest BCUT2D eigenvalue weighted by atomic mass is 9.63. The van der Waals surface area contributed by atoms with Crippen LogP contribution in [0.2, 0.25) is 0 Å². The molecule has 0 aromatic carbocycles. The van der Waals surface area contributed by atoms with E-state index in [1.807, 2.05) is 35.1 Å². The van der Waals surface area contributed by atoms with Crippen molar-refractivity contribution in [1.82, 2.24) is 9.61 Å². The Hall–Kier alpha value is -1.39. The van der Waals surface area contributed by atoms with E-state index in [2.05, 4.69) is 5.10 Å². The number of pyridine rings is 1. The van der Waals surface area contributed by atoms with Gasteiger partial charge in [-0.05, 0) is 25.0 Å². The molecule has 0 bridgehead atoms. The van der Waals surface area contributed by atoms with Crippen molar-refractivity contribution in [2.45, 2.75) is 24.4 Å². The number of fused-ring (bicyclic) bond motifs is 1. The molecule has 1 aliphatic rings. The zero-order valence-corrected chi connectivity index (χ0v) is 9.00. The van der Waals surface area contributed by atoms with Crippen LogP contribution < -0.4 is 5.73 Å². The quantitative estimate of drug-likeness (QED) is 0.777. The second-order valence-corrected chi connectivity index (χ2v) is 4.64. The van der Waals surface area contributed by atoms with Gasteiger partial charge >= 0.3 is 0 Å². The zero-order chi connectivity index (χ0) is 11.2. The van der Waals surface area contributed by atoms with E-state index < -0.39 is 0 Å². The maximum Gasteiger partial charge on any atom is 0.0699 e. The summed E-state index contributed by atoms with van der Waals surface area (Å²) in [6.45, 7) is 0.570. The lowest BCUT2D eigenvalue weighted by Crippen LogP contribution is -2.49. The van der Waals surface area contributed by atoms with Gasteiger partial charge in [-0.25, -0.2) is 4.52 Å². The van der Waals surface area contributed by atoms with Crippen LogP contribution in [0.1, 0.15) is 18.4 Å². The highest BCUT2D eigenvalue weighted by atomic mass is 16.3. The molecule has 1 aliphatic carbocycles. The molecule has 4 heteroatoms. The smallest absolute Gasteiger partial charge is 0.0699 e. The summed E-state index contributed by atoms with van der Waals surface area (Å²) in [6, 6.07) is 6.00. The normalized spacial score (nSPS) is 29.2. The van der Waals surface area contributed by atoms with Crippen molar-refractivity contribution in [3.05, 3.63) is 36.2 Å². The van der Waals surface area contributed by atoms with Gasteiger partial charge in [-0.15, -0.1) is 0 Å². The molecule has 0 unspecified atom stereocenters. The zero-order valence-electron chi connectivity index (χ0n) is 9.00. The van der Waals surface area contributed by atoms with E-state index in [0.717, 1.165) is 18.4 Å². The Morgan fingerprint density at radius 2 is 2.31 bits per heavy atom. The fourth-order valence-electron chi connectivity index (χ4n) is 2.68. The fourth-order valence-corrected chi connectivity index (χ4v) is 2.68. The Morgan fingerprint density at radius 1 is 1.50 bits per heavy atom. The standard InChI is InChI=1S/C12H15N3O/c13-8-12(5-9(16)6-12)10-7-14-15-4-2-1-3-11(10)15/h1-4,7,9,16H,5-6,8,13H2. The number of aromatic nitrogens is 2. The third kappa shape index (κ3) is 1.20. The minimum absolute atomic E-state index is 0.0669. The van der Waals surface area contributed by atoms with Crippen molar-refractivity contribution >= 4 is 5.52 Å². The largest absolute Gasteiger partial charge is 0.393 e. The van der Waals surface area contributed by atoms with Gasteiger partial charge in [0.1, 0.15) is 0 Å². The highest BCUT2D eigenvalue weighted by Crippen LogP contribution is 2.44. The van der Waals surface area contributed by atoms with Gasteiger partial charge in [-0.1, -0.05) is 6.07 Å². The van der Waals surface area contributed by atoms with Gasteiger partial charge in [0.15, 0.2) is 0 Å². The molecule has 0 radical (unpaired) electrons. The van der Waals surface area contributed by atoms with Crippen LogP contribution in [-0.2, 0) is 5.41 Å². The number of rotatable bonds is 2. The average molecular weight is 217 g/mol.